The van der Waals surface area contributed by atoms with Crippen molar-refractivity contribution in [1.82, 2.24) is 4.90 Å². The molecule has 8 heteroatoms. The van der Waals surface area contributed by atoms with Crippen molar-refractivity contribution in [2.75, 3.05) is 26.3 Å². The first-order chi connectivity index (χ1) is 11.4. The van der Waals surface area contributed by atoms with Gasteiger partial charge in [-0.2, -0.15) is 4.39 Å². The Morgan fingerprint density at radius 2 is 1.83 bits per heavy atom. The van der Waals surface area contributed by atoms with Gasteiger partial charge in [0.25, 0.3) is 5.91 Å². The van der Waals surface area contributed by atoms with Crippen LogP contribution in [0.5, 0.6) is 5.75 Å². The lowest BCUT2D eigenvalue weighted by atomic mass is 10.0. The van der Waals surface area contributed by atoms with E-state index in [9.17, 15) is 23.1 Å². The molecule has 1 amide bonds. The molecule has 1 aromatic carbocycles. The van der Waals surface area contributed by atoms with Crippen molar-refractivity contribution in [2.24, 2.45) is 0 Å². The summed E-state index contributed by atoms with van der Waals surface area (Å²) in [5.41, 5.74) is -0.493. The molecule has 24 heavy (non-hydrogen) atoms. The van der Waals surface area contributed by atoms with E-state index in [1.165, 1.54) is 19.1 Å². The van der Waals surface area contributed by atoms with Gasteiger partial charge in [-0.25, -0.2) is 8.78 Å². The molecule has 128 valence electrons. The molecule has 4 nitrogen and oxygen atoms in total. The first-order valence-electron chi connectivity index (χ1n) is 7.25. The summed E-state index contributed by atoms with van der Waals surface area (Å²) in [5, 5.41) is 9.40. The van der Waals surface area contributed by atoms with E-state index in [2.05, 4.69) is 0 Å². The number of aromatic hydroxyl groups is 1. The van der Waals surface area contributed by atoms with Gasteiger partial charge in [0.05, 0.1) is 18.1 Å². The van der Waals surface area contributed by atoms with Gasteiger partial charge >= 0.3 is 0 Å². The van der Waals surface area contributed by atoms with Crippen molar-refractivity contribution in [3.05, 3.63) is 40.0 Å². The Morgan fingerprint density at radius 3 is 2.50 bits per heavy atom. The van der Waals surface area contributed by atoms with E-state index in [0.717, 1.165) is 11.3 Å². The summed E-state index contributed by atoms with van der Waals surface area (Å²) in [4.78, 5) is 14.6. The van der Waals surface area contributed by atoms with Crippen LogP contribution in [0.25, 0.3) is 10.4 Å². The zero-order chi connectivity index (χ0) is 17.4. The summed E-state index contributed by atoms with van der Waals surface area (Å²) in [6.45, 7) is 3.06. The van der Waals surface area contributed by atoms with Crippen molar-refractivity contribution < 1.29 is 27.8 Å². The molecule has 0 bridgehead atoms. The number of ether oxygens (including phenoxy) is 1. The van der Waals surface area contributed by atoms with E-state index in [-0.39, 0.29) is 21.9 Å². The fourth-order valence-electron chi connectivity index (χ4n) is 2.56. The average molecular weight is 357 g/mol. The van der Waals surface area contributed by atoms with Crippen LogP contribution in [0.3, 0.4) is 0 Å². The molecule has 1 N–H and O–H groups in total. The normalized spacial score (nSPS) is 14.9. The maximum absolute atomic E-state index is 14.2. The number of carbonyl (C=O) groups is 1. The summed E-state index contributed by atoms with van der Waals surface area (Å²) in [5.74, 6) is -5.74. The highest BCUT2D eigenvalue weighted by molar-refractivity contribution is 7.17. The zero-order valence-electron chi connectivity index (χ0n) is 12.7. The number of hydrogen-bond acceptors (Lipinski definition) is 4. The van der Waals surface area contributed by atoms with Crippen molar-refractivity contribution in [3.63, 3.8) is 0 Å². The third-order valence-electron chi connectivity index (χ3n) is 3.89. The van der Waals surface area contributed by atoms with E-state index >= 15 is 0 Å². The summed E-state index contributed by atoms with van der Waals surface area (Å²) in [6.07, 6.45) is 0. The molecule has 0 radical (unpaired) electrons. The number of rotatable bonds is 2. The Morgan fingerprint density at radius 1 is 1.17 bits per heavy atom. The topological polar surface area (TPSA) is 49.8 Å². The number of morpholine rings is 1. The van der Waals surface area contributed by atoms with E-state index in [0.29, 0.717) is 31.2 Å². The van der Waals surface area contributed by atoms with Crippen LogP contribution in [0, 0.1) is 24.4 Å². The molecule has 3 rings (SSSR count). The zero-order valence-corrected chi connectivity index (χ0v) is 13.6. The lowest BCUT2D eigenvalue weighted by molar-refractivity contribution is 0.0306. The minimum absolute atomic E-state index is 0.223. The molecule has 2 aromatic rings. The summed E-state index contributed by atoms with van der Waals surface area (Å²) in [6, 6.07) is 2.97. The molecule has 0 spiro atoms. The number of carbonyl (C=O) groups excluding carboxylic acids is 1. The van der Waals surface area contributed by atoms with Gasteiger partial charge in [0.2, 0.25) is 5.82 Å². The van der Waals surface area contributed by atoms with E-state index in [1.807, 2.05) is 0 Å². The van der Waals surface area contributed by atoms with Crippen molar-refractivity contribution in [1.29, 1.82) is 0 Å². The maximum Gasteiger partial charge on any atom is 0.264 e. The second-order valence-electron chi connectivity index (χ2n) is 5.36. The van der Waals surface area contributed by atoms with Gasteiger partial charge in [0.15, 0.2) is 17.4 Å². The quantitative estimate of drug-likeness (QED) is 0.839. The molecule has 0 unspecified atom stereocenters. The lowest BCUT2D eigenvalue weighted by Gasteiger charge is -2.26. The molecular formula is C16H14F3NO3S. The molecular weight excluding hydrogens is 343 g/mol. The number of amides is 1. The van der Waals surface area contributed by atoms with Crippen LogP contribution in [0.15, 0.2) is 12.1 Å². The molecule has 0 aliphatic carbocycles. The average Bonchev–Trinajstić information content (AvgIpc) is 3.08. The second-order valence-corrected chi connectivity index (χ2v) is 6.44. The van der Waals surface area contributed by atoms with Crippen LogP contribution in [0.2, 0.25) is 0 Å². The van der Waals surface area contributed by atoms with Crippen molar-refractivity contribution >= 4 is 17.2 Å². The molecule has 0 atom stereocenters. The standard InChI is InChI=1S/C16H14F3NO3S/c1-8-11(13(18)15(21)14(19)12(8)17)9-2-3-10(24-9)16(22)20-4-6-23-7-5-20/h2-3,21H,4-7H2,1H3. The number of benzene rings is 1. The molecule has 1 fully saturated rings. The first-order valence-corrected chi connectivity index (χ1v) is 8.06. The van der Waals surface area contributed by atoms with Crippen LogP contribution in [-0.2, 0) is 4.74 Å². The minimum Gasteiger partial charge on any atom is -0.503 e. The highest BCUT2D eigenvalue weighted by atomic mass is 32.1. The number of phenolic OH excluding ortho intramolecular Hbond substituents is 1. The van der Waals surface area contributed by atoms with Crippen LogP contribution in [0.1, 0.15) is 15.2 Å². The summed E-state index contributed by atoms with van der Waals surface area (Å²) < 4.78 is 46.6. The van der Waals surface area contributed by atoms with Gasteiger partial charge in [-0.15, -0.1) is 11.3 Å². The Kier molecular flexibility index (Phi) is 4.51. The first kappa shape index (κ1) is 16.8. The molecule has 1 aromatic heterocycles. The SMILES string of the molecule is Cc1c(F)c(F)c(O)c(F)c1-c1ccc(C(=O)N2CCOCC2)s1. The predicted octanol–water partition coefficient (Wildman–Crippen LogP) is 3.32. The maximum atomic E-state index is 14.2. The van der Waals surface area contributed by atoms with Crippen molar-refractivity contribution in [3.8, 4) is 16.2 Å². The second kappa shape index (κ2) is 6.45. The van der Waals surface area contributed by atoms with E-state index in [4.69, 9.17) is 4.74 Å². The molecule has 2 heterocycles. The highest BCUT2D eigenvalue weighted by Crippen LogP contribution is 2.39. The third kappa shape index (κ3) is 2.76. The Balaban J connectivity index is 1.98. The van der Waals surface area contributed by atoms with Gasteiger partial charge in [-0.1, -0.05) is 0 Å². The minimum atomic E-state index is -1.62. The number of halogens is 3. The van der Waals surface area contributed by atoms with Crippen LogP contribution in [-0.4, -0.2) is 42.2 Å². The van der Waals surface area contributed by atoms with Crippen LogP contribution in [0.4, 0.5) is 13.2 Å². The molecule has 0 saturated carbocycles. The molecule has 1 aliphatic heterocycles. The monoisotopic (exact) mass is 357 g/mol. The Labute approximate surface area is 140 Å². The number of nitrogens with zero attached hydrogens (tertiary/aromatic N) is 1. The van der Waals surface area contributed by atoms with Gasteiger partial charge in [0.1, 0.15) is 0 Å². The number of thiophene rings is 1. The van der Waals surface area contributed by atoms with Crippen LogP contribution < -0.4 is 0 Å². The van der Waals surface area contributed by atoms with Gasteiger partial charge in [-0.05, 0) is 24.6 Å². The van der Waals surface area contributed by atoms with E-state index in [1.54, 1.807) is 4.90 Å². The molecule has 1 aliphatic rings. The summed E-state index contributed by atoms with van der Waals surface area (Å²) in [7, 11) is 0. The Hall–Kier alpha value is -2.06. The van der Waals surface area contributed by atoms with Gasteiger partial charge in [0, 0.05) is 23.5 Å². The van der Waals surface area contributed by atoms with Gasteiger partial charge < -0.3 is 14.7 Å². The Bertz CT molecular complexity index is 771. The summed E-state index contributed by atoms with van der Waals surface area (Å²) >= 11 is 0.967. The fraction of sp³-hybridized carbons (Fsp3) is 0.312. The van der Waals surface area contributed by atoms with Gasteiger partial charge in [-0.3, -0.25) is 4.79 Å². The highest BCUT2D eigenvalue weighted by Gasteiger charge is 2.26. The van der Waals surface area contributed by atoms with Crippen LogP contribution >= 0.6 is 11.3 Å². The predicted molar refractivity (Wildman–Crippen MR) is 82.8 cm³/mol. The smallest absolute Gasteiger partial charge is 0.264 e. The van der Waals surface area contributed by atoms with Crippen molar-refractivity contribution in [2.45, 2.75) is 6.92 Å². The number of phenols is 1. The third-order valence-corrected chi connectivity index (χ3v) is 4.98. The fourth-order valence-corrected chi connectivity index (χ4v) is 3.63. The lowest BCUT2D eigenvalue weighted by Crippen LogP contribution is -2.40. The largest absolute Gasteiger partial charge is 0.503 e. The number of hydrogen-bond donors (Lipinski definition) is 1. The molecule has 1 saturated heterocycles. The van der Waals surface area contributed by atoms with E-state index < -0.39 is 23.2 Å².